The van der Waals surface area contributed by atoms with Gasteiger partial charge in [0.2, 0.25) is 0 Å². The van der Waals surface area contributed by atoms with E-state index >= 15 is 0 Å². The van der Waals surface area contributed by atoms with E-state index in [1.165, 1.54) is 17.7 Å². The second-order valence-corrected chi connectivity index (χ2v) is 15.0. The number of rotatable bonds is 11. The summed E-state index contributed by atoms with van der Waals surface area (Å²) in [4.78, 5) is 28.9. The van der Waals surface area contributed by atoms with E-state index in [9.17, 15) is 39.2 Å². The second kappa shape index (κ2) is 12.9. The summed E-state index contributed by atoms with van der Waals surface area (Å²) in [6.45, 7) is -4.74. The average molecular weight is 681 g/mol. The zero-order valence-corrected chi connectivity index (χ0v) is 25.3. The summed E-state index contributed by atoms with van der Waals surface area (Å²) in [5, 5.41) is 54.7. The third-order valence-corrected chi connectivity index (χ3v) is 11.6. The summed E-state index contributed by atoms with van der Waals surface area (Å²) >= 11 is 6.08. The number of ether oxygens (including phenoxy) is 2. The lowest BCUT2D eigenvalue weighted by molar-refractivity contribution is -0.287. The Morgan fingerprint density at radius 2 is 1.93 bits per heavy atom. The molecule has 2 fully saturated rings. The number of nitrogens with zero attached hydrogens (tertiary/aromatic N) is 2. The van der Waals surface area contributed by atoms with Gasteiger partial charge in [0.1, 0.15) is 54.9 Å². The van der Waals surface area contributed by atoms with Crippen LogP contribution >= 0.6 is 25.9 Å². The van der Waals surface area contributed by atoms with Crippen LogP contribution in [0.25, 0.3) is 10.2 Å². The topological polar surface area (TPSA) is 269 Å². The molecule has 12 atom stereocenters. The van der Waals surface area contributed by atoms with Crippen molar-refractivity contribution in [1.82, 2.24) is 15.3 Å². The lowest BCUT2D eigenvalue weighted by Gasteiger charge is -2.41. The van der Waals surface area contributed by atoms with Gasteiger partial charge >= 0.3 is 14.5 Å². The molecular formula is C20H31FN4O13P2S2. The van der Waals surface area contributed by atoms with Gasteiger partial charge in [-0.25, -0.2) is 23.2 Å². The fourth-order valence-corrected chi connectivity index (χ4v) is 8.68. The number of aliphatic hydroxyl groups excluding tert-OH is 5. The van der Waals surface area contributed by atoms with Crippen molar-refractivity contribution in [2.75, 3.05) is 26.0 Å². The number of alkyl halides is 1. The number of hydrogen-bond donors (Lipinski definition) is 9. The number of aliphatic hydroxyl groups is 5. The molecule has 42 heavy (non-hydrogen) atoms. The molecular weight excluding hydrogens is 649 g/mol. The van der Waals surface area contributed by atoms with Crippen LogP contribution in [-0.4, -0.2) is 120 Å². The summed E-state index contributed by atoms with van der Waals surface area (Å²) < 4.78 is 52.5. The molecule has 0 saturated carbocycles. The van der Waals surface area contributed by atoms with E-state index < -0.39 is 88.5 Å². The minimum absolute atomic E-state index is 0.264. The molecule has 0 aliphatic carbocycles. The van der Waals surface area contributed by atoms with Crippen LogP contribution in [-0.2, 0) is 39.2 Å². The van der Waals surface area contributed by atoms with Crippen molar-refractivity contribution in [2.24, 2.45) is 0 Å². The number of fused-ring (bicyclic) bond motifs is 1. The second-order valence-electron chi connectivity index (χ2n) is 9.72. The smallest absolute Gasteiger partial charge is 0.393 e. The molecule has 0 bridgehead atoms. The highest BCUT2D eigenvalue weighted by molar-refractivity contribution is 8.08. The van der Waals surface area contributed by atoms with E-state index in [1.807, 2.05) is 0 Å². The molecule has 0 amide bonds. The number of likely N-dealkylation sites (N-methyl/N-ethyl adjacent to an activating group) is 1. The summed E-state index contributed by atoms with van der Waals surface area (Å²) in [6.07, 6.45) is -14.7. The number of nitrogens with two attached hydrogens (primary N) is 1. The Morgan fingerprint density at radius 3 is 2.57 bits per heavy atom. The lowest BCUT2D eigenvalue weighted by Crippen LogP contribution is -2.60. The lowest BCUT2D eigenvalue weighted by atomic mass is 9.86. The molecule has 7 unspecified atom stereocenters. The summed E-state index contributed by atoms with van der Waals surface area (Å²) in [5.41, 5.74) is 5.91. The molecule has 10 N–H and O–H groups in total. The summed E-state index contributed by atoms with van der Waals surface area (Å²) in [6, 6.07) is 0. The fraction of sp³-hybridized carbons (Fsp3) is 0.700. The van der Waals surface area contributed by atoms with Gasteiger partial charge in [-0.15, -0.1) is 11.3 Å². The van der Waals surface area contributed by atoms with E-state index in [-0.39, 0.29) is 5.82 Å². The Bertz CT molecular complexity index is 1360. The number of nitrogens with one attached hydrogen (secondary N) is 1. The number of phosphoric ester groups is 1. The third kappa shape index (κ3) is 6.70. The van der Waals surface area contributed by atoms with Gasteiger partial charge in [0.25, 0.3) is 0 Å². The molecule has 2 aliphatic rings. The number of hydrogen-bond acceptors (Lipinski definition) is 17. The zero-order chi connectivity index (χ0) is 31.2. The van der Waals surface area contributed by atoms with E-state index in [0.29, 0.717) is 15.8 Å². The standard InChI is InChI=1S/C20H31FN4O13P2S2/c1-20(23-2)16(30)9(35-17(20)7-5-42-15-10(7)24-6-25-18(15)22)4-34-40(33,41)38-39(31,32)37-19-13(29)11(27)12(28)14(36-19)8(21)3-26/h5-6,8-9,11-14,16-17,19,23,26-30H,3-4H2,1-2H3,(H,31,32)(H,33,41)(H2,22,24,25)/t8-,9+,11?,12?,13?,14?,16+,17-,19?,20+,40?/m0/s1. The van der Waals surface area contributed by atoms with Gasteiger partial charge in [0.15, 0.2) is 12.5 Å². The van der Waals surface area contributed by atoms with E-state index in [1.54, 1.807) is 19.4 Å². The first-order valence-electron chi connectivity index (χ1n) is 12.2. The van der Waals surface area contributed by atoms with Crippen LogP contribution in [0, 0.1) is 0 Å². The molecule has 17 nitrogen and oxygen atoms in total. The van der Waals surface area contributed by atoms with Crippen LogP contribution < -0.4 is 11.1 Å². The predicted octanol–water partition coefficient (Wildman–Crippen LogP) is -1.44. The quantitative estimate of drug-likeness (QED) is 0.123. The Labute approximate surface area is 246 Å². The van der Waals surface area contributed by atoms with Gasteiger partial charge in [0, 0.05) is 5.56 Å². The number of aromatic nitrogens is 2. The van der Waals surface area contributed by atoms with Gasteiger partial charge in [-0.2, -0.15) is 0 Å². The summed E-state index contributed by atoms with van der Waals surface area (Å²) in [7, 11) is -3.87. The molecule has 2 aliphatic heterocycles. The zero-order valence-electron chi connectivity index (χ0n) is 21.9. The molecule has 22 heteroatoms. The number of anilines is 1. The normalized spacial score (nSPS) is 37.4. The van der Waals surface area contributed by atoms with Crippen LogP contribution in [0.2, 0.25) is 0 Å². The monoisotopic (exact) mass is 680 g/mol. The first-order valence-corrected chi connectivity index (χ1v) is 17.2. The van der Waals surface area contributed by atoms with Crippen LogP contribution in [0.5, 0.6) is 0 Å². The van der Waals surface area contributed by atoms with E-state index in [4.69, 9.17) is 36.6 Å². The molecule has 2 aromatic heterocycles. The Hall–Kier alpha value is -0.870. The molecule has 4 heterocycles. The van der Waals surface area contributed by atoms with Gasteiger partial charge in [-0.05, 0) is 31.2 Å². The van der Waals surface area contributed by atoms with Gasteiger partial charge in [0.05, 0.1) is 29.0 Å². The van der Waals surface area contributed by atoms with E-state index in [0.717, 1.165) is 0 Å². The predicted molar refractivity (Wildman–Crippen MR) is 146 cm³/mol. The van der Waals surface area contributed by atoms with Crippen molar-refractivity contribution < 1.29 is 67.1 Å². The minimum Gasteiger partial charge on any atom is -0.393 e. The number of halogens is 1. The largest absolute Gasteiger partial charge is 0.481 e. The van der Waals surface area contributed by atoms with Crippen molar-refractivity contribution in [1.29, 1.82) is 0 Å². The SMILES string of the molecule is CN[C@]1(C)[C@H](O)[C@@H](COP(O)(=S)OP(=O)(O)OC2OC([C@@H](F)CO)C(O)C(O)C2O)O[C@H]1c1csc2c(N)ncnc12. The maximum Gasteiger partial charge on any atom is 0.481 e. The first kappa shape index (κ1) is 34.0. The Kier molecular flexibility index (Phi) is 10.4. The summed E-state index contributed by atoms with van der Waals surface area (Å²) in [5.74, 6) is 0.264. The molecule has 238 valence electrons. The van der Waals surface area contributed by atoms with Gasteiger partial charge < -0.3 is 60.4 Å². The van der Waals surface area contributed by atoms with Gasteiger partial charge in [-0.1, -0.05) is 0 Å². The molecule has 0 radical (unpaired) electrons. The average Bonchev–Trinajstić information content (AvgIpc) is 3.46. The number of phosphoric acid groups is 1. The number of nitrogen functional groups attached to an aromatic ring is 1. The Morgan fingerprint density at radius 1 is 1.24 bits per heavy atom. The van der Waals surface area contributed by atoms with Crippen LogP contribution in [0.3, 0.4) is 0 Å². The molecule has 0 spiro atoms. The highest BCUT2D eigenvalue weighted by Crippen LogP contribution is 2.62. The van der Waals surface area contributed by atoms with Crippen molar-refractivity contribution in [3.05, 3.63) is 17.3 Å². The van der Waals surface area contributed by atoms with Crippen LogP contribution in [0.4, 0.5) is 10.2 Å². The van der Waals surface area contributed by atoms with Crippen molar-refractivity contribution in [3.8, 4) is 0 Å². The fourth-order valence-electron chi connectivity index (χ4n) is 4.65. The maximum atomic E-state index is 14.0. The molecule has 4 rings (SSSR count). The van der Waals surface area contributed by atoms with Gasteiger partial charge in [-0.3, -0.25) is 4.52 Å². The highest BCUT2D eigenvalue weighted by Gasteiger charge is 2.54. The molecule has 2 aromatic rings. The first-order chi connectivity index (χ1) is 19.5. The molecule has 0 aromatic carbocycles. The van der Waals surface area contributed by atoms with Crippen LogP contribution in [0.1, 0.15) is 18.6 Å². The van der Waals surface area contributed by atoms with Crippen molar-refractivity contribution >= 4 is 53.7 Å². The number of thiophene rings is 1. The highest BCUT2D eigenvalue weighted by atomic mass is 32.5. The van der Waals surface area contributed by atoms with Crippen molar-refractivity contribution in [3.63, 3.8) is 0 Å². The van der Waals surface area contributed by atoms with Crippen LogP contribution in [0.15, 0.2) is 11.7 Å². The third-order valence-electron chi connectivity index (χ3n) is 7.03. The van der Waals surface area contributed by atoms with E-state index in [2.05, 4.69) is 24.1 Å². The minimum atomic E-state index is -5.46. The molecule has 2 saturated heterocycles. The van der Waals surface area contributed by atoms with Crippen molar-refractivity contribution in [2.45, 2.75) is 67.7 Å². The Balaban J connectivity index is 1.43. The maximum absolute atomic E-state index is 14.0.